The Kier molecular flexibility index (Phi) is 4.56. The third kappa shape index (κ3) is 3.86. The molecule has 1 N–H and O–H groups in total. The van der Waals surface area contributed by atoms with Gasteiger partial charge in [0.2, 0.25) is 0 Å². The third-order valence-corrected chi connectivity index (χ3v) is 4.24. The Morgan fingerprint density at radius 2 is 2.00 bits per heavy atom. The average Bonchev–Trinajstić information content (AvgIpc) is 2.95. The number of aryl methyl sites for hydroxylation is 1. The van der Waals surface area contributed by atoms with E-state index < -0.39 is 0 Å². The maximum absolute atomic E-state index is 9.47. The van der Waals surface area contributed by atoms with Gasteiger partial charge in [0.1, 0.15) is 11.5 Å². The van der Waals surface area contributed by atoms with Crippen molar-refractivity contribution >= 4 is 5.69 Å². The molecule has 3 nitrogen and oxygen atoms in total. The summed E-state index contributed by atoms with van der Waals surface area (Å²) in [7, 11) is 0. The van der Waals surface area contributed by atoms with E-state index in [0.29, 0.717) is 12.5 Å². The van der Waals surface area contributed by atoms with E-state index in [2.05, 4.69) is 36.6 Å². The highest BCUT2D eigenvalue weighted by Crippen LogP contribution is 2.31. The molecule has 0 bridgehead atoms. The van der Waals surface area contributed by atoms with Gasteiger partial charge >= 0.3 is 0 Å². The molecule has 2 aromatic carbocycles. The minimum absolute atomic E-state index is 0.265. The van der Waals surface area contributed by atoms with Crippen molar-refractivity contribution in [1.82, 2.24) is 0 Å². The lowest BCUT2D eigenvalue weighted by Crippen LogP contribution is -2.29. The van der Waals surface area contributed by atoms with Crippen LogP contribution in [0.5, 0.6) is 11.5 Å². The summed E-state index contributed by atoms with van der Waals surface area (Å²) in [6, 6.07) is 16.6. The topological polar surface area (TPSA) is 32.7 Å². The van der Waals surface area contributed by atoms with Crippen LogP contribution in [0.15, 0.2) is 60.9 Å². The summed E-state index contributed by atoms with van der Waals surface area (Å²) in [4.78, 5) is 2.35. The van der Waals surface area contributed by atoms with Crippen molar-refractivity contribution in [2.24, 2.45) is 0 Å². The normalized spacial score (nSPS) is 17.3. The molecule has 1 saturated heterocycles. The van der Waals surface area contributed by atoms with E-state index >= 15 is 0 Å². The van der Waals surface area contributed by atoms with Gasteiger partial charge in [-0.05, 0) is 61.7 Å². The van der Waals surface area contributed by atoms with Crippen LogP contribution >= 0.6 is 0 Å². The summed E-state index contributed by atoms with van der Waals surface area (Å²) in [6.07, 6.45) is 2.89. The van der Waals surface area contributed by atoms with Gasteiger partial charge in [-0.15, -0.1) is 0 Å². The van der Waals surface area contributed by atoms with Crippen LogP contribution in [-0.4, -0.2) is 17.7 Å². The standard InChI is InChI=1S/C20H23NO2/c1-15-5-3-7-20(13-15)23-19-10-8-17(9-11-19)21-12-4-6-18(21)14-16(2)22/h3,5,7-11,13,18,22H,2,4,6,12,14H2,1H3. The summed E-state index contributed by atoms with van der Waals surface area (Å²) < 4.78 is 5.90. The SMILES string of the molecule is C=C(O)CC1CCCN1c1ccc(Oc2cccc(C)c2)cc1. The van der Waals surface area contributed by atoms with Gasteiger partial charge < -0.3 is 14.7 Å². The Hall–Kier alpha value is -2.42. The summed E-state index contributed by atoms with van der Waals surface area (Å²) in [5.41, 5.74) is 2.36. The van der Waals surface area contributed by atoms with Gasteiger partial charge in [-0.1, -0.05) is 18.7 Å². The quantitative estimate of drug-likeness (QED) is 0.769. The molecule has 1 fully saturated rings. The van der Waals surface area contributed by atoms with Crippen molar-refractivity contribution in [3.05, 3.63) is 66.4 Å². The lowest BCUT2D eigenvalue weighted by molar-refractivity contribution is 0.376. The summed E-state index contributed by atoms with van der Waals surface area (Å²) in [5, 5.41) is 9.47. The zero-order valence-electron chi connectivity index (χ0n) is 13.5. The van der Waals surface area contributed by atoms with Gasteiger partial charge in [0.15, 0.2) is 0 Å². The van der Waals surface area contributed by atoms with Crippen LogP contribution < -0.4 is 9.64 Å². The minimum atomic E-state index is 0.265. The Morgan fingerprint density at radius 3 is 2.70 bits per heavy atom. The molecule has 3 heteroatoms. The number of aliphatic hydroxyl groups is 1. The second-order valence-corrected chi connectivity index (χ2v) is 6.17. The predicted octanol–water partition coefficient (Wildman–Crippen LogP) is 5.22. The highest BCUT2D eigenvalue weighted by Gasteiger charge is 2.25. The lowest BCUT2D eigenvalue weighted by atomic mass is 10.1. The van der Waals surface area contributed by atoms with Crippen molar-refractivity contribution in [1.29, 1.82) is 0 Å². The number of hydrogen-bond acceptors (Lipinski definition) is 3. The van der Waals surface area contributed by atoms with Crippen molar-refractivity contribution in [2.75, 3.05) is 11.4 Å². The smallest absolute Gasteiger partial charge is 0.127 e. The van der Waals surface area contributed by atoms with Crippen LogP contribution in [0, 0.1) is 6.92 Å². The minimum Gasteiger partial charge on any atom is -0.513 e. The summed E-state index contributed by atoms with van der Waals surface area (Å²) >= 11 is 0. The van der Waals surface area contributed by atoms with E-state index in [0.717, 1.165) is 30.9 Å². The first-order chi connectivity index (χ1) is 11.1. The first kappa shape index (κ1) is 15.5. The number of benzene rings is 2. The Bertz CT molecular complexity index is 678. The van der Waals surface area contributed by atoms with Gasteiger partial charge in [0, 0.05) is 24.7 Å². The van der Waals surface area contributed by atoms with Crippen LogP contribution in [0.2, 0.25) is 0 Å². The molecule has 1 aliphatic rings. The molecule has 3 rings (SSSR count). The van der Waals surface area contributed by atoms with E-state index in [1.54, 1.807) is 0 Å². The molecule has 1 aliphatic heterocycles. The maximum Gasteiger partial charge on any atom is 0.127 e. The van der Waals surface area contributed by atoms with Gasteiger partial charge in [-0.25, -0.2) is 0 Å². The fraction of sp³-hybridized carbons (Fsp3) is 0.300. The molecule has 120 valence electrons. The van der Waals surface area contributed by atoms with Gasteiger partial charge in [-0.3, -0.25) is 0 Å². The fourth-order valence-electron chi connectivity index (χ4n) is 3.18. The highest BCUT2D eigenvalue weighted by molar-refractivity contribution is 5.51. The molecule has 0 spiro atoms. The van der Waals surface area contributed by atoms with Crippen LogP contribution in [-0.2, 0) is 0 Å². The van der Waals surface area contributed by atoms with Crippen LogP contribution in [0.3, 0.4) is 0 Å². The largest absolute Gasteiger partial charge is 0.513 e. The Morgan fingerprint density at radius 1 is 1.22 bits per heavy atom. The molecular formula is C20H23NO2. The second-order valence-electron chi connectivity index (χ2n) is 6.17. The first-order valence-corrected chi connectivity index (χ1v) is 8.10. The number of nitrogens with zero attached hydrogens (tertiary/aromatic N) is 1. The molecule has 0 aliphatic carbocycles. The number of aliphatic hydroxyl groups excluding tert-OH is 1. The molecule has 1 atom stereocenters. The molecule has 0 amide bonds. The zero-order valence-corrected chi connectivity index (χ0v) is 13.5. The van der Waals surface area contributed by atoms with Crippen LogP contribution in [0.4, 0.5) is 5.69 Å². The van der Waals surface area contributed by atoms with E-state index in [1.165, 1.54) is 11.3 Å². The van der Waals surface area contributed by atoms with Gasteiger partial charge in [-0.2, -0.15) is 0 Å². The molecular weight excluding hydrogens is 286 g/mol. The Labute approximate surface area is 137 Å². The maximum atomic E-state index is 9.47. The number of hydrogen-bond donors (Lipinski definition) is 1. The van der Waals surface area contributed by atoms with Crippen LogP contribution in [0.1, 0.15) is 24.8 Å². The number of rotatable bonds is 5. The number of ether oxygens (including phenoxy) is 1. The first-order valence-electron chi connectivity index (χ1n) is 8.10. The summed E-state index contributed by atoms with van der Waals surface area (Å²) in [5.74, 6) is 1.95. The summed E-state index contributed by atoms with van der Waals surface area (Å²) in [6.45, 7) is 6.70. The molecule has 2 aromatic rings. The van der Waals surface area contributed by atoms with E-state index in [1.807, 2.05) is 30.3 Å². The zero-order chi connectivity index (χ0) is 16.2. The molecule has 1 unspecified atom stereocenters. The Balaban J connectivity index is 1.70. The third-order valence-electron chi connectivity index (χ3n) is 4.24. The monoisotopic (exact) mass is 309 g/mol. The molecule has 0 aromatic heterocycles. The number of anilines is 1. The average molecular weight is 309 g/mol. The van der Waals surface area contributed by atoms with Crippen molar-refractivity contribution < 1.29 is 9.84 Å². The van der Waals surface area contributed by atoms with Crippen molar-refractivity contribution in [3.63, 3.8) is 0 Å². The van der Waals surface area contributed by atoms with Gasteiger partial charge in [0.05, 0.1) is 5.76 Å². The van der Waals surface area contributed by atoms with Crippen molar-refractivity contribution in [2.45, 2.75) is 32.2 Å². The van der Waals surface area contributed by atoms with Crippen LogP contribution in [0.25, 0.3) is 0 Å². The highest BCUT2D eigenvalue weighted by atomic mass is 16.5. The van der Waals surface area contributed by atoms with E-state index in [4.69, 9.17) is 4.74 Å². The molecule has 23 heavy (non-hydrogen) atoms. The second kappa shape index (κ2) is 6.78. The molecule has 1 heterocycles. The van der Waals surface area contributed by atoms with Crippen molar-refractivity contribution in [3.8, 4) is 11.5 Å². The predicted molar refractivity (Wildman–Crippen MR) is 94.4 cm³/mol. The lowest BCUT2D eigenvalue weighted by Gasteiger charge is -2.26. The van der Waals surface area contributed by atoms with E-state index in [-0.39, 0.29) is 5.76 Å². The molecule has 0 radical (unpaired) electrons. The van der Waals surface area contributed by atoms with E-state index in [9.17, 15) is 5.11 Å². The fourth-order valence-corrected chi connectivity index (χ4v) is 3.18. The molecule has 0 saturated carbocycles. The van der Waals surface area contributed by atoms with Gasteiger partial charge in [0.25, 0.3) is 0 Å².